The summed E-state index contributed by atoms with van der Waals surface area (Å²) in [6.45, 7) is 4.51. The maximum Gasteiger partial charge on any atom is 0.242 e. The quantitative estimate of drug-likeness (QED) is 0.468. The Kier molecular flexibility index (Phi) is 6.60. The van der Waals surface area contributed by atoms with Gasteiger partial charge in [0.15, 0.2) is 0 Å². The molecule has 36 heavy (non-hydrogen) atoms. The molecule has 2 aliphatic heterocycles. The number of aromatic hydroxyl groups is 1. The first-order valence-corrected chi connectivity index (χ1v) is 12.3. The predicted molar refractivity (Wildman–Crippen MR) is 138 cm³/mol. The lowest BCUT2D eigenvalue weighted by Gasteiger charge is -2.32. The molecule has 0 saturated carbocycles. The molecule has 0 bridgehead atoms. The average Bonchev–Trinajstić information content (AvgIpc) is 3.43. The molecule has 7 nitrogen and oxygen atoms in total. The van der Waals surface area contributed by atoms with Crippen molar-refractivity contribution in [1.29, 1.82) is 0 Å². The smallest absolute Gasteiger partial charge is 0.242 e. The predicted octanol–water partition coefficient (Wildman–Crippen LogP) is 3.99. The summed E-state index contributed by atoms with van der Waals surface area (Å²) in [4.78, 5) is 15.7. The van der Waals surface area contributed by atoms with Crippen molar-refractivity contribution in [3.05, 3.63) is 88.5 Å². The average molecular weight is 488 g/mol. The first-order chi connectivity index (χ1) is 17.4. The lowest BCUT2D eigenvalue weighted by molar-refractivity contribution is -0.130. The summed E-state index contributed by atoms with van der Waals surface area (Å²) in [5.41, 5.74) is 11.5. The van der Waals surface area contributed by atoms with Crippen LogP contribution < -0.4 is 20.3 Å². The van der Waals surface area contributed by atoms with Crippen LogP contribution in [0.2, 0.25) is 0 Å². The number of carbonyl (C=O) groups excluding carboxylic acids is 1. The van der Waals surface area contributed by atoms with Crippen molar-refractivity contribution < 1.29 is 19.4 Å². The van der Waals surface area contributed by atoms with Gasteiger partial charge < -0.3 is 19.5 Å². The second-order valence-electron chi connectivity index (χ2n) is 9.69. The van der Waals surface area contributed by atoms with E-state index in [1.54, 1.807) is 14.2 Å². The van der Waals surface area contributed by atoms with E-state index in [0.717, 1.165) is 45.7 Å². The fourth-order valence-electron chi connectivity index (χ4n) is 5.71. The number of nitrogens with zero attached hydrogens (tertiary/aromatic N) is 1. The molecular weight excluding hydrogens is 454 g/mol. The van der Waals surface area contributed by atoms with Crippen molar-refractivity contribution in [2.24, 2.45) is 5.92 Å². The van der Waals surface area contributed by atoms with Gasteiger partial charge >= 0.3 is 0 Å². The van der Waals surface area contributed by atoms with E-state index in [9.17, 15) is 9.90 Å². The SMILES string of the molecule is COc1ccc(CCN2C(=O)C3NNC(c4cc(C)cc(C)c4O)C3C2c2cccc(OC)c2)cc1. The van der Waals surface area contributed by atoms with Gasteiger partial charge in [0.05, 0.1) is 26.3 Å². The van der Waals surface area contributed by atoms with Crippen LogP contribution in [-0.4, -0.2) is 42.7 Å². The zero-order chi connectivity index (χ0) is 25.4. The van der Waals surface area contributed by atoms with Gasteiger partial charge in [-0.05, 0) is 61.2 Å². The Labute approximate surface area is 212 Å². The van der Waals surface area contributed by atoms with Gasteiger partial charge in [-0.25, -0.2) is 10.9 Å². The van der Waals surface area contributed by atoms with E-state index in [1.807, 2.05) is 73.3 Å². The number of hydrogen-bond donors (Lipinski definition) is 3. The molecule has 4 atom stereocenters. The Morgan fingerprint density at radius 3 is 2.36 bits per heavy atom. The molecule has 2 fully saturated rings. The second-order valence-corrected chi connectivity index (χ2v) is 9.69. The number of nitrogens with one attached hydrogen (secondary N) is 2. The third kappa shape index (κ3) is 4.29. The van der Waals surface area contributed by atoms with E-state index >= 15 is 0 Å². The molecule has 0 spiro atoms. The normalized spacial score (nSPS) is 23.1. The first-order valence-electron chi connectivity index (χ1n) is 12.3. The Balaban J connectivity index is 1.52. The molecule has 3 N–H and O–H groups in total. The molecule has 2 heterocycles. The van der Waals surface area contributed by atoms with Crippen LogP contribution in [-0.2, 0) is 11.2 Å². The Morgan fingerprint density at radius 1 is 0.917 bits per heavy atom. The Morgan fingerprint density at radius 2 is 1.64 bits per heavy atom. The lowest BCUT2D eigenvalue weighted by Crippen LogP contribution is -2.42. The minimum atomic E-state index is -0.401. The summed E-state index contributed by atoms with van der Waals surface area (Å²) < 4.78 is 10.8. The molecule has 7 heteroatoms. The zero-order valence-corrected chi connectivity index (χ0v) is 21.1. The summed E-state index contributed by atoms with van der Waals surface area (Å²) >= 11 is 0. The summed E-state index contributed by atoms with van der Waals surface area (Å²) in [5, 5.41) is 11.0. The lowest BCUT2D eigenvalue weighted by atomic mass is 9.82. The highest BCUT2D eigenvalue weighted by atomic mass is 16.5. The minimum absolute atomic E-state index is 0.0557. The third-order valence-electron chi connectivity index (χ3n) is 7.46. The first kappa shape index (κ1) is 24.2. The molecule has 1 amide bonds. The number of hydrogen-bond acceptors (Lipinski definition) is 6. The number of amides is 1. The largest absolute Gasteiger partial charge is 0.507 e. The molecule has 3 aromatic carbocycles. The number of aryl methyl sites for hydroxylation is 2. The molecule has 0 aliphatic carbocycles. The maximum atomic E-state index is 13.8. The molecule has 0 aromatic heterocycles. The number of methoxy groups -OCH3 is 2. The molecule has 4 unspecified atom stereocenters. The minimum Gasteiger partial charge on any atom is -0.507 e. The van der Waals surface area contributed by atoms with Crippen LogP contribution in [0, 0.1) is 19.8 Å². The number of fused-ring (bicyclic) bond motifs is 1. The number of phenolic OH excluding ortho intramolecular Hbond substituents is 1. The molecule has 2 aliphatic rings. The van der Waals surface area contributed by atoms with Gasteiger partial charge in [-0.1, -0.05) is 42.0 Å². The fourth-order valence-corrected chi connectivity index (χ4v) is 5.71. The molecule has 3 aromatic rings. The molecule has 2 saturated heterocycles. The number of phenols is 1. The van der Waals surface area contributed by atoms with Gasteiger partial charge in [0, 0.05) is 18.0 Å². The molecule has 5 rings (SSSR count). The number of ether oxygens (including phenoxy) is 2. The van der Waals surface area contributed by atoms with Gasteiger partial charge in [-0.3, -0.25) is 4.79 Å². The van der Waals surface area contributed by atoms with E-state index in [-0.39, 0.29) is 29.7 Å². The van der Waals surface area contributed by atoms with E-state index in [4.69, 9.17) is 9.47 Å². The standard InChI is InChI=1S/C29H33N3O4/c1-17-14-18(2)28(33)23(15-17)25-24-26(31-30-25)29(34)32(13-12-19-8-10-21(35-3)11-9-19)27(24)20-6-5-7-22(16-20)36-4/h5-11,14-16,24-27,30-31,33H,12-13H2,1-4H3. The van der Waals surface area contributed by atoms with Crippen LogP contribution >= 0.6 is 0 Å². The van der Waals surface area contributed by atoms with E-state index < -0.39 is 6.04 Å². The number of benzene rings is 3. The second kappa shape index (κ2) is 9.84. The summed E-state index contributed by atoms with van der Waals surface area (Å²) in [6.07, 6.45) is 0.725. The number of hydrazine groups is 1. The van der Waals surface area contributed by atoms with Crippen LogP contribution in [0.1, 0.15) is 39.9 Å². The van der Waals surface area contributed by atoms with E-state index in [2.05, 4.69) is 16.9 Å². The summed E-state index contributed by atoms with van der Waals surface area (Å²) in [7, 11) is 3.30. The summed E-state index contributed by atoms with van der Waals surface area (Å²) in [6, 6.07) is 19.1. The Bertz CT molecular complexity index is 1260. The van der Waals surface area contributed by atoms with E-state index in [1.165, 1.54) is 0 Å². The summed E-state index contributed by atoms with van der Waals surface area (Å²) in [5.74, 6) is 1.77. The van der Waals surface area contributed by atoms with Gasteiger partial charge in [0.2, 0.25) is 5.91 Å². The monoisotopic (exact) mass is 487 g/mol. The van der Waals surface area contributed by atoms with Gasteiger partial charge in [0.1, 0.15) is 23.3 Å². The van der Waals surface area contributed by atoms with Gasteiger partial charge in [-0.15, -0.1) is 0 Å². The molecular formula is C29H33N3O4. The van der Waals surface area contributed by atoms with Crippen molar-refractivity contribution >= 4 is 5.91 Å². The van der Waals surface area contributed by atoms with Crippen molar-refractivity contribution in [2.75, 3.05) is 20.8 Å². The van der Waals surface area contributed by atoms with Gasteiger partial charge in [-0.2, -0.15) is 0 Å². The highest BCUT2D eigenvalue weighted by Gasteiger charge is 2.55. The maximum absolute atomic E-state index is 13.8. The van der Waals surface area contributed by atoms with Crippen molar-refractivity contribution in [3.8, 4) is 17.2 Å². The van der Waals surface area contributed by atoms with Crippen LogP contribution in [0.4, 0.5) is 0 Å². The van der Waals surface area contributed by atoms with Gasteiger partial charge in [0.25, 0.3) is 0 Å². The number of likely N-dealkylation sites (tertiary alicyclic amines) is 1. The Hall–Kier alpha value is -3.55. The van der Waals surface area contributed by atoms with Crippen LogP contribution in [0.3, 0.4) is 0 Å². The highest BCUT2D eigenvalue weighted by Crippen LogP contribution is 2.49. The number of rotatable bonds is 7. The van der Waals surface area contributed by atoms with Crippen molar-refractivity contribution in [1.82, 2.24) is 15.8 Å². The van der Waals surface area contributed by atoms with Crippen LogP contribution in [0.25, 0.3) is 0 Å². The molecule has 0 radical (unpaired) electrons. The van der Waals surface area contributed by atoms with Crippen LogP contribution in [0.5, 0.6) is 17.2 Å². The fraction of sp³-hybridized carbons (Fsp3) is 0.345. The zero-order valence-electron chi connectivity index (χ0n) is 21.1. The highest BCUT2D eigenvalue weighted by molar-refractivity contribution is 5.86. The topological polar surface area (TPSA) is 83.1 Å². The van der Waals surface area contributed by atoms with Crippen LogP contribution in [0.15, 0.2) is 60.7 Å². The number of carbonyl (C=O) groups is 1. The molecule has 188 valence electrons. The third-order valence-corrected chi connectivity index (χ3v) is 7.46. The van der Waals surface area contributed by atoms with Crippen molar-refractivity contribution in [3.63, 3.8) is 0 Å². The van der Waals surface area contributed by atoms with E-state index in [0.29, 0.717) is 6.54 Å². The van der Waals surface area contributed by atoms with Crippen molar-refractivity contribution in [2.45, 2.75) is 38.4 Å².